The largest absolute Gasteiger partial charge is 0.481 e. The third kappa shape index (κ3) is 4.88. The van der Waals surface area contributed by atoms with E-state index >= 15 is 0 Å². The lowest BCUT2D eigenvalue weighted by atomic mass is 10.1. The van der Waals surface area contributed by atoms with Gasteiger partial charge in [-0.25, -0.2) is 0 Å². The van der Waals surface area contributed by atoms with E-state index in [4.69, 9.17) is 5.11 Å². The first kappa shape index (κ1) is 16.0. The van der Waals surface area contributed by atoms with Crippen LogP contribution in [0.4, 0.5) is 5.69 Å². The number of allylic oxidation sites excluding steroid dienone is 1. The minimum absolute atomic E-state index is 0.0627. The first-order valence-electron chi connectivity index (χ1n) is 6.81. The maximum atomic E-state index is 12.4. The number of carbonyl (C=O) groups is 2. The van der Waals surface area contributed by atoms with Crippen molar-refractivity contribution < 1.29 is 14.7 Å². The predicted octanol–water partition coefficient (Wildman–Crippen LogP) is 3.24. The van der Waals surface area contributed by atoms with Gasteiger partial charge in [-0.3, -0.25) is 9.59 Å². The number of hydrogen-bond acceptors (Lipinski definition) is 2. The Morgan fingerprint density at radius 1 is 1.25 bits per heavy atom. The molecule has 0 bridgehead atoms. The molecule has 0 unspecified atom stereocenters. The van der Waals surface area contributed by atoms with Gasteiger partial charge in [0, 0.05) is 24.2 Å². The zero-order valence-electron chi connectivity index (χ0n) is 12.0. The van der Waals surface area contributed by atoms with Crippen LogP contribution in [-0.4, -0.2) is 23.5 Å². The fourth-order valence-electron chi connectivity index (χ4n) is 1.95. The summed E-state index contributed by atoms with van der Waals surface area (Å²) < 4.78 is 0. The van der Waals surface area contributed by atoms with Crippen LogP contribution in [0.15, 0.2) is 42.0 Å². The lowest BCUT2D eigenvalue weighted by molar-refractivity contribution is -0.137. The Labute approximate surface area is 119 Å². The van der Waals surface area contributed by atoms with Crippen molar-refractivity contribution in [2.45, 2.75) is 33.1 Å². The van der Waals surface area contributed by atoms with Gasteiger partial charge in [0.25, 0.3) is 5.91 Å². The summed E-state index contributed by atoms with van der Waals surface area (Å²) in [6, 6.07) is 9.34. The molecule has 1 amide bonds. The van der Waals surface area contributed by atoms with Gasteiger partial charge in [-0.1, -0.05) is 31.2 Å². The molecular formula is C16H21NO3. The Kier molecular flexibility index (Phi) is 6.50. The molecule has 4 heteroatoms. The van der Waals surface area contributed by atoms with Gasteiger partial charge in [-0.15, -0.1) is 0 Å². The molecule has 0 saturated heterocycles. The summed E-state index contributed by atoms with van der Waals surface area (Å²) >= 11 is 0. The number of nitrogens with zero attached hydrogens (tertiary/aromatic N) is 1. The van der Waals surface area contributed by atoms with Crippen molar-refractivity contribution in [2.24, 2.45) is 0 Å². The number of para-hydroxylation sites is 1. The second kappa shape index (κ2) is 8.15. The van der Waals surface area contributed by atoms with Crippen LogP contribution in [-0.2, 0) is 9.59 Å². The minimum atomic E-state index is -0.841. The lowest BCUT2D eigenvalue weighted by Gasteiger charge is -2.23. The van der Waals surface area contributed by atoms with Crippen LogP contribution in [0.1, 0.15) is 33.1 Å². The van der Waals surface area contributed by atoms with E-state index in [9.17, 15) is 9.59 Å². The lowest BCUT2D eigenvalue weighted by Crippen LogP contribution is -2.32. The SMILES string of the molecule is CC/C=C(\C)C(=O)N(CCCC(=O)O)c1ccccc1. The van der Waals surface area contributed by atoms with Crippen molar-refractivity contribution in [2.75, 3.05) is 11.4 Å². The van der Waals surface area contributed by atoms with Gasteiger partial charge in [0.05, 0.1) is 0 Å². The van der Waals surface area contributed by atoms with E-state index in [-0.39, 0.29) is 12.3 Å². The molecular weight excluding hydrogens is 254 g/mol. The number of carbonyl (C=O) groups excluding carboxylic acids is 1. The van der Waals surface area contributed by atoms with E-state index in [0.29, 0.717) is 18.5 Å². The molecule has 0 aromatic heterocycles. The Balaban J connectivity index is 2.87. The van der Waals surface area contributed by atoms with Crippen LogP contribution in [0, 0.1) is 0 Å². The van der Waals surface area contributed by atoms with Crippen LogP contribution in [0.25, 0.3) is 0 Å². The number of aliphatic carboxylic acids is 1. The minimum Gasteiger partial charge on any atom is -0.481 e. The highest BCUT2D eigenvalue weighted by Gasteiger charge is 2.16. The Hall–Kier alpha value is -2.10. The molecule has 1 rings (SSSR count). The van der Waals surface area contributed by atoms with Crippen LogP contribution in [0.5, 0.6) is 0 Å². The first-order chi connectivity index (χ1) is 9.56. The molecule has 1 aromatic rings. The van der Waals surface area contributed by atoms with E-state index < -0.39 is 5.97 Å². The molecule has 0 heterocycles. The van der Waals surface area contributed by atoms with Crippen LogP contribution in [0.2, 0.25) is 0 Å². The number of rotatable bonds is 7. The molecule has 20 heavy (non-hydrogen) atoms. The van der Waals surface area contributed by atoms with Gasteiger partial charge in [-0.05, 0) is 31.9 Å². The summed E-state index contributed by atoms with van der Waals surface area (Å²) in [7, 11) is 0. The Bertz CT molecular complexity index is 480. The molecule has 0 fully saturated rings. The monoisotopic (exact) mass is 275 g/mol. The van der Waals surface area contributed by atoms with E-state index in [1.54, 1.807) is 11.8 Å². The molecule has 0 aliphatic carbocycles. The van der Waals surface area contributed by atoms with Gasteiger partial charge >= 0.3 is 5.97 Å². The van der Waals surface area contributed by atoms with E-state index in [0.717, 1.165) is 12.1 Å². The van der Waals surface area contributed by atoms with Gasteiger partial charge < -0.3 is 10.0 Å². The average Bonchev–Trinajstić information content (AvgIpc) is 2.44. The van der Waals surface area contributed by atoms with Gasteiger partial charge in [0.15, 0.2) is 0 Å². The zero-order valence-corrected chi connectivity index (χ0v) is 12.0. The van der Waals surface area contributed by atoms with Crippen LogP contribution < -0.4 is 4.90 Å². The molecule has 0 aliphatic rings. The molecule has 108 valence electrons. The quantitative estimate of drug-likeness (QED) is 0.777. The predicted molar refractivity (Wildman–Crippen MR) is 79.7 cm³/mol. The van der Waals surface area contributed by atoms with Gasteiger partial charge in [-0.2, -0.15) is 0 Å². The highest BCUT2D eigenvalue weighted by Crippen LogP contribution is 2.17. The number of carboxylic acids is 1. The van der Waals surface area contributed by atoms with Crippen molar-refractivity contribution >= 4 is 17.6 Å². The average molecular weight is 275 g/mol. The molecule has 4 nitrogen and oxygen atoms in total. The number of amides is 1. The second-order valence-corrected chi connectivity index (χ2v) is 4.59. The third-order valence-electron chi connectivity index (χ3n) is 2.93. The van der Waals surface area contributed by atoms with Gasteiger partial charge in [0.2, 0.25) is 0 Å². The summed E-state index contributed by atoms with van der Waals surface area (Å²) in [5.41, 5.74) is 1.48. The van der Waals surface area contributed by atoms with Crippen molar-refractivity contribution in [1.82, 2.24) is 0 Å². The number of carboxylic acid groups (broad SMARTS) is 1. The van der Waals surface area contributed by atoms with Crippen molar-refractivity contribution in [3.8, 4) is 0 Å². The third-order valence-corrected chi connectivity index (χ3v) is 2.93. The topological polar surface area (TPSA) is 57.6 Å². The smallest absolute Gasteiger partial charge is 0.303 e. The van der Waals surface area contributed by atoms with Crippen LogP contribution >= 0.6 is 0 Å². The summed E-state index contributed by atoms with van der Waals surface area (Å²) in [6.07, 6.45) is 3.19. The molecule has 0 spiro atoms. The fourth-order valence-corrected chi connectivity index (χ4v) is 1.95. The first-order valence-corrected chi connectivity index (χ1v) is 6.81. The number of anilines is 1. The zero-order chi connectivity index (χ0) is 15.0. The van der Waals surface area contributed by atoms with Crippen molar-refractivity contribution in [3.05, 3.63) is 42.0 Å². The van der Waals surface area contributed by atoms with Crippen LogP contribution in [0.3, 0.4) is 0 Å². The maximum Gasteiger partial charge on any atom is 0.303 e. The highest BCUT2D eigenvalue weighted by atomic mass is 16.4. The molecule has 0 aliphatic heterocycles. The molecule has 1 N–H and O–H groups in total. The van der Waals surface area contributed by atoms with Crippen molar-refractivity contribution in [3.63, 3.8) is 0 Å². The Morgan fingerprint density at radius 3 is 2.45 bits per heavy atom. The fraction of sp³-hybridized carbons (Fsp3) is 0.375. The van der Waals surface area contributed by atoms with Gasteiger partial charge in [0.1, 0.15) is 0 Å². The molecule has 0 atom stereocenters. The van der Waals surface area contributed by atoms with Crippen molar-refractivity contribution in [1.29, 1.82) is 0 Å². The van der Waals surface area contributed by atoms with E-state index in [2.05, 4.69) is 0 Å². The summed E-state index contributed by atoms with van der Waals surface area (Å²) in [6.45, 7) is 4.18. The molecule has 0 radical (unpaired) electrons. The molecule has 1 aromatic carbocycles. The summed E-state index contributed by atoms with van der Waals surface area (Å²) in [5.74, 6) is -0.908. The second-order valence-electron chi connectivity index (χ2n) is 4.59. The standard InChI is InChI=1S/C16H21NO3/c1-3-8-13(2)16(20)17(12-7-11-15(18)19)14-9-5-4-6-10-14/h4-6,8-10H,3,7,11-12H2,1-2H3,(H,18,19)/b13-8+. The summed E-state index contributed by atoms with van der Waals surface area (Å²) in [5, 5.41) is 8.71. The normalized spacial score (nSPS) is 11.2. The number of hydrogen-bond donors (Lipinski definition) is 1. The van der Waals surface area contributed by atoms with E-state index in [1.807, 2.05) is 43.3 Å². The molecule has 0 saturated carbocycles. The highest BCUT2D eigenvalue weighted by molar-refractivity contribution is 6.05. The number of benzene rings is 1. The maximum absolute atomic E-state index is 12.4. The summed E-state index contributed by atoms with van der Waals surface area (Å²) in [4.78, 5) is 24.7. The van der Waals surface area contributed by atoms with E-state index in [1.165, 1.54) is 0 Å². The Morgan fingerprint density at radius 2 is 1.90 bits per heavy atom.